The van der Waals surface area contributed by atoms with Crippen LogP contribution in [0.2, 0.25) is 0 Å². The van der Waals surface area contributed by atoms with Gasteiger partial charge in [-0.2, -0.15) is 0 Å². The van der Waals surface area contributed by atoms with E-state index in [2.05, 4.69) is 0 Å². The molecule has 0 aliphatic rings. The van der Waals surface area contributed by atoms with Crippen molar-refractivity contribution in [2.75, 3.05) is 0 Å². The molecule has 0 spiro atoms. The quantitative estimate of drug-likeness (QED) is 0.441. The van der Waals surface area contributed by atoms with Crippen LogP contribution in [0.1, 0.15) is 0 Å². The molecule has 0 fully saturated rings. The molecular formula is H2O2S3. The first-order chi connectivity index (χ1) is 2.41. The first-order valence-corrected chi connectivity index (χ1v) is 4.10. The highest BCUT2D eigenvalue weighted by molar-refractivity contribution is 9.07. The van der Waals surface area contributed by atoms with Crippen LogP contribution >= 0.6 is 32.0 Å². The van der Waals surface area contributed by atoms with E-state index in [-0.39, 0.29) is 0 Å². The van der Waals surface area contributed by atoms with Crippen LogP contribution in [0.25, 0.3) is 0 Å². The predicted molar refractivity (Wildman–Crippen MR) is 28.0 cm³/mol. The van der Waals surface area contributed by atoms with Crippen LogP contribution in [-0.4, -0.2) is 9.11 Å². The summed E-state index contributed by atoms with van der Waals surface area (Å²) < 4.78 is 15.5. The number of hydrogen-bond donors (Lipinski definition) is 2. The van der Waals surface area contributed by atoms with Crippen LogP contribution in [0.5, 0.6) is 0 Å². The van der Waals surface area contributed by atoms with Gasteiger partial charge in [0.2, 0.25) is 0 Å². The molecular weight excluding hydrogens is 128 g/mol. The molecule has 2 N–H and O–H groups in total. The second kappa shape index (κ2) is 4.97. The molecule has 0 aliphatic carbocycles. The zero-order valence-electron chi connectivity index (χ0n) is 2.12. The number of rotatable bonds is 2. The average Bonchev–Trinajstić information content (AvgIpc) is 1.41. The van der Waals surface area contributed by atoms with E-state index >= 15 is 0 Å². The summed E-state index contributed by atoms with van der Waals surface area (Å²) in [5.74, 6) is 0. The van der Waals surface area contributed by atoms with E-state index in [0.717, 1.165) is 9.83 Å². The summed E-state index contributed by atoms with van der Waals surface area (Å²) in [7, 11) is 0.907. The Bertz CT molecular complexity index is 12.4. The summed E-state index contributed by atoms with van der Waals surface area (Å²) in [6.45, 7) is 0. The molecule has 0 unspecified atom stereocenters. The SMILES string of the molecule is OSSSO. The van der Waals surface area contributed by atoms with Crippen molar-refractivity contribution < 1.29 is 9.11 Å². The van der Waals surface area contributed by atoms with Crippen molar-refractivity contribution >= 4 is 32.0 Å². The van der Waals surface area contributed by atoms with Gasteiger partial charge in [0, 0.05) is 9.83 Å². The summed E-state index contributed by atoms with van der Waals surface area (Å²) in [5.41, 5.74) is 0. The van der Waals surface area contributed by atoms with E-state index in [4.69, 9.17) is 9.11 Å². The first kappa shape index (κ1) is 5.97. The summed E-state index contributed by atoms with van der Waals surface area (Å²) in [4.78, 5) is 0. The first-order valence-electron chi connectivity index (χ1n) is 0.698. The van der Waals surface area contributed by atoms with Crippen molar-refractivity contribution in [3.63, 3.8) is 0 Å². The fourth-order valence-electron chi connectivity index (χ4n) is 0.0136. The minimum absolute atomic E-state index is 0.531. The lowest BCUT2D eigenvalue weighted by atomic mass is 15.9. The van der Waals surface area contributed by atoms with E-state index in [1.165, 1.54) is 0 Å². The highest BCUT2D eigenvalue weighted by Gasteiger charge is 1.74. The summed E-state index contributed by atoms with van der Waals surface area (Å²) in [6.07, 6.45) is 0. The number of hydrogen-bond acceptors (Lipinski definition) is 5. The Hall–Kier alpha value is 0.970. The van der Waals surface area contributed by atoms with Crippen LogP contribution in [0, 0.1) is 0 Å². The topological polar surface area (TPSA) is 40.5 Å². The highest BCUT2D eigenvalue weighted by Crippen LogP contribution is 2.27. The molecule has 0 aromatic heterocycles. The Labute approximate surface area is 41.6 Å². The Morgan fingerprint density at radius 2 is 1.40 bits per heavy atom. The van der Waals surface area contributed by atoms with Crippen molar-refractivity contribution in [3.05, 3.63) is 0 Å². The molecule has 5 heavy (non-hydrogen) atoms. The van der Waals surface area contributed by atoms with Gasteiger partial charge in [-0.05, 0) is 0 Å². The molecule has 0 radical (unpaired) electrons. The maximum atomic E-state index is 7.77. The average molecular weight is 130 g/mol. The molecule has 0 rings (SSSR count). The maximum absolute atomic E-state index is 7.77. The van der Waals surface area contributed by atoms with Crippen molar-refractivity contribution in [3.8, 4) is 0 Å². The molecule has 0 bridgehead atoms. The van der Waals surface area contributed by atoms with E-state index in [1.807, 2.05) is 0 Å². The Kier molecular flexibility index (Phi) is 5.93. The van der Waals surface area contributed by atoms with Gasteiger partial charge in [0.1, 0.15) is 0 Å². The van der Waals surface area contributed by atoms with Crippen molar-refractivity contribution in [2.45, 2.75) is 0 Å². The normalized spacial score (nSPS) is 8.40. The molecule has 0 saturated carbocycles. The zero-order valence-corrected chi connectivity index (χ0v) is 4.57. The van der Waals surface area contributed by atoms with Crippen molar-refractivity contribution in [1.82, 2.24) is 0 Å². The molecule has 0 aliphatic heterocycles. The molecule has 2 nitrogen and oxygen atoms in total. The molecule has 0 heterocycles. The van der Waals surface area contributed by atoms with Gasteiger partial charge in [0.25, 0.3) is 0 Å². The molecule has 32 valence electrons. The van der Waals surface area contributed by atoms with Crippen LogP contribution in [-0.2, 0) is 0 Å². The zero-order chi connectivity index (χ0) is 4.12. The predicted octanol–water partition coefficient (Wildman–Crippen LogP) is 1.96. The smallest absolute Gasteiger partial charge is 0.0734 e. The Morgan fingerprint density at radius 1 is 1.00 bits per heavy atom. The van der Waals surface area contributed by atoms with Gasteiger partial charge >= 0.3 is 0 Å². The lowest BCUT2D eigenvalue weighted by Crippen LogP contribution is -1.33. The largest absolute Gasteiger partial charge is 0.320 e. The third-order valence-corrected chi connectivity index (χ3v) is 1.64. The van der Waals surface area contributed by atoms with E-state index < -0.39 is 0 Å². The molecule has 0 amide bonds. The van der Waals surface area contributed by atoms with E-state index in [0.29, 0.717) is 22.1 Å². The molecule has 0 saturated heterocycles. The summed E-state index contributed by atoms with van der Waals surface area (Å²) >= 11 is 1.06. The van der Waals surface area contributed by atoms with Crippen LogP contribution in [0.4, 0.5) is 0 Å². The second-order valence-electron chi connectivity index (χ2n) is 0.217. The molecule has 0 aromatic rings. The lowest BCUT2D eigenvalue weighted by molar-refractivity contribution is 0.674. The third kappa shape index (κ3) is 4.97. The Balaban J connectivity index is 2.19. The lowest BCUT2D eigenvalue weighted by Gasteiger charge is -1.75. The third-order valence-electron chi connectivity index (χ3n) is 0.0609. The standard InChI is InChI=1S/H2O2S3/c1-3-5-4-2/h1-2H. The fourth-order valence-corrected chi connectivity index (χ4v) is 0.367. The van der Waals surface area contributed by atoms with Gasteiger partial charge in [-0.25, -0.2) is 0 Å². The minimum atomic E-state index is 0.531. The fraction of sp³-hybridized carbons (Fsp3) is 0. The van der Waals surface area contributed by atoms with Crippen molar-refractivity contribution in [2.24, 2.45) is 0 Å². The second-order valence-corrected chi connectivity index (χ2v) is 3.18. The highest BCUT2D eigenvalue weighted by atomic mass is 33.5. The van der Waals surface area contributed by atoms with E-state index in [1.54, 1.807) is 0 Å². The van der Waals surface area contributed by atoms with Gasteiger partial charge in [-0.3, -0.25) is 0 Å². The van der Waals surface area contributed by atoms with Gasteiger partial charge < -0.3 is 9.11 Å². The monoisotopic (exact) mass is 130 g/mol. The summed E-state index contributed by atoms with van der Waals surface area (Å²) in [5, 5.41) is 0. The van der Waals surface area contributed by atoms with Gasteiger partial charge in [0.15, 0.2) is 0 Å². The maximum Gasteiger partial charge on any atom is 0.0734 e. The Morgan fingerprint density at radius 3 is 1.40 bits per heavy atom. The molecule has 0 atom stereocenters. The molecule has 5 heteroatoms. The summed E-state index contributed by atoms with van der Waals surface area (Å²) in [6, 6.07) is 0. The van der Waals surface area contributed by atoms with Crippen LogP contribution in [0.3, 0.4) is 0 Å². The van der Waals surface area contributed by atoms with Crippen molar-refractivity contribution in [1.29, 1.82) is 0 Å². The van der Waals surface area contributed by atoms with Gasteiger partial charge in [0.05, 0.1) is 22.1 Å². The van der Waals surface area contributed by atoms with Crippen LogP contribution < -0.4 is 0 Å². The van der Waals surface area contributed by atoms with Crippen LogP contribution in [0.15, 0.2) is 0 Å². The van der Waals surface area contributed by atoms with Gasteiger partial charge in [-0.15, -0.1) is 0 Å². The van der Waals surface area contributed by atoms with Gasteiger partial charge in [-0.1, -0.05) is 0 Å². The minimum Gasteiger partial charge on any atom is -0.320 e. The van der Waals surface area contributed by atoms with E-state index in [9.17, 15) is 0 Å². The molecule has 0 aromatic carbocycles.